The van der Waals surface area contributed by atoms with Gasteiger partial charge in [0.15, 0.2) is 0 Å². The molecular weight excluding hydrogens is 1440 g/mol. The summed E-state index contributed by atoms with van der Waals surface area (Å²) in [6, 6.07) is 0. The van der Waals surface area contributed by atoms with Gasteiger partial charge in [0.1, 0.15) is 11.2 Å². The zero-order chi connectivity index (χ0) is 82.9. The zero-order valence-corrected chi connectivity index (χ0v) is 75.5. The number of rotatable bonds is 30. The Bertz CT molecular complexity index is 3110. The lowest BCUT2D eigenvalue weighted by molar-refractivity contribution is -0.166. The maximum absolute atomic E-state index is 12.9. The molecule has 10 bridgehead atoms. The monoisotopic (exact) mass is 1600 g/mol. The quantitative estimate of drug-likeness (QED) is 0.0505. The van der Waals surface area contributed by atoms with Gasteiger partial charge in [0.25, 0.3) is 0 Å². The van der Waals surface area contributed by atoms with Crippen molar-refractivity contribution in [1.82, 2.24) is 0 Å². The number of carbonyl (C=O) groups excluding carboxylic acids is 5. The van der Waals surface area contributed by atoms with Crippen molar-refractivity contribution in [2.45, 2.75) is 415 Å². The van der Waals surface area contributed by atoms with E-state index in [0.29, 0.717) is 163 Å². The van der Waals surface area contributed by atoms with E-state index in [0.717, 1.165) is 156 Å². The molecule has 38 unspecified atom stereocenters. The summed E-state index contributed by atoms with van der Waals surface area (Å²) in [6.07, 6.45) is 32.0. The lowest BCUT2D eigenvalue weighted by atomic mass is 9.65. The van der Waals surface area contributed by atoms with Gasteiger partial charge in [0, 0.05) is 12.8 Å². The number of carbonyl (C=O) groups is 5. The summed E-state index contributed by atoms with van der Waals surface area (Å²) in [6.45, 7) is 44.6. The van der Waals surface area contributed by atoms with Gasteiger partial charge in [-0.3, -0.25) is 24.0 Å². The first-order valence-corrected chi connectivity index (χ1v) is 47.9. The molecule has 2 N–H and O–H groups in total. The third-order valence-electron chi connectivity index (χ3n) is 34.4. The molecular formula is C97H164O17. The molecule has 0 amide bonds. The molecule has 5 aliphatic heterocycles. The number of methoxy groups -OCH3 is 1. The second kappa shape index (κ2) is 39.1. The molecule has 5 saturated heterocycles. The van der Waals surface area contributed by atoms with Crippen molar-refractivity contribution in [3.63, 3.8) is 0 Å². The summed E-state index contributed by atoms with van der Waals surface area (Å²) in [7, 11) is 1.49. The van der Waals surface area contributed by atoms with Gasteiger partial charge in [-0.05, 0) is 351 Å². The number of hydrogen-bond acceptors (Lipinski definition) is 17. The summed E-state index contributed by atoms with van der Waals surface area (Å²) in [5.74, 6) is 15.5. The van der Waals surface area contributed by atoms with Crippen molar-refractivity contribution in [1.29, 1.82) is 0 Å². The molecule has 38 atom stereocenters. The van der Waals surface area contributed by atoms with Crippen LogP contribution in [-0.4, -0.2) is 144 Å². The predicted molar refractivity (Wildman–Crippen MR) is 444 cm³/mol. The van der Waals surface area contributed by atoms with Crippen LogP contribution in [0.25, 0.3) is 0 Å². The second-order valence-electron chi connectivity index (χ2n) is 40.8. The molecule has 15 fully saturated rings. The van der Waals surface area contributed by atoms with Gasteiger partial charge in [-0.2, -0.15) is 0 Å². The summed E-state index contributed by atoms with van der Waals surface area (Å²) < 4.78 is 58.4. The Kier molecular flexibility index (Phi) is 31.5. The Hall–Kier alpha value is -2.93. The van der Waals surface area contributed by atoms with Crippen LogP contribution in [0.4, 0.5) is 0 Å². The van der Waals surface area contributed by atoms with Crippen molar-refractivity contribution < 1.29 is 81.6 Å². The molecule has 10 aliphatic carbocycles. The van der Waals surface area contributed by atoms with Crippen LogP contribution in [0.5, 0.6) is 0 Å². The highest BCUT2D eigenvalue weighted by atomic mass is 16.6. The van der Waals surface area contributed by atoms with Gasteiger partial charge in [-0.15, -0.1) is 0 Å². The Balaban J connectivity index is 0.000000141. The van der Waals surface area contributed by atoms with Crippen molar-refractivity contribution in [2.24, 2.45) is 154 Å². The van der Waals surface area contributed by atoms with Gasteiger partial charge < -0.3 is 57.6 Å². The molecule has 15 rings (SSSR count). The minimum Gasteiger partial charge on any atom is -0.469 e. The number of fused-ring (bicyclic) bond motifs is 25. The van der Waals surface area contributed by atoms with Gasteiger partial charge >= 0.3 is 29.8 Å². The Morgan fingerprint density at radius 1 is 0.412 bits per heavy atom. The van der Waals surface area contributed by atoms with E-state index in [2.05, 4.69) is 104 Å². The number of esters is 5. The van der Waals surface area contributed by atoms with Crippen LogP contribution in [0.3, 0.4) is 0 Å². The normalized spacial score (nSPS) is 43.0. The maximum atomic E-state index is 12.9. The Labute approximate surface area is 690 Å². The van der Waals surface area contributed by atoms with Gasteiger partial charge in [-0.1, -0.05) is 96.9 Å². The van der Waals surface area contributed by atoms with E-state index in [1.54, 1.807) is 6.92 Å². The smallest absolute Gasteiger partial charge is 0.309 e. The fourth-order valence-electron chi connectivity index (χ4n) is 29.2. The molecule has 17 heteroatoms. The van der Waals surface area contributed by atoms with E-state index in [1.165, 1.54) is 58.5 Å². The number of hydrogen-bond donors (Lipinski definition) is 2. The SMILES string of the molecule is CCC1OC(CC)C2C3CC(CC3C(C)C(=O)OC(C)(CC)CC)C12.CCC1OC(CC)C2C3CC(CC3C(O)CC(=O)OC(C)C)C12.CCC1OC(CC)C2C3CC(CC3CC(=O)OC(C)(C)CC)C12.CCC1OC(CC)C2C3CC(CC3CCC(=O)OC)C12.CCOC(=O)CC(C)(O)C1CC2CC1C1C(CC)OC(CC)C21. The van der Waals surface area contributed by atoms with Crippen LogP contribution >= 0.6 is 0 Å². The van der Waals surface area contributed by atoms with Crippen LogP contribution in [0.2, 0.25) is 0 Å². The molecule has 0 spiro atoms. The van der Waals surface area contributed by atoms with Gasteiger partial charge in [-0.25, -0.2) is 0 Å². The average Bonchev–Trinajstić information content (AvgIpc) is 1.59. The molecule has 0 aromatic carbocycles. The van der Waals surface area contributed by atoms with Crippen LogP contribution < -0.4 is 0 Å². The Morgan fingerprint density at radius 2 is 0.781 bits per heavy atom. The van der Waals surface area contributed by atoms with Crippen LogP contribution in [-0.2, 0) is 71.3 Å². The highest BCUT2D eigenvalue weighted by molar-refractivity contribution is 5.73. The highest BCUT2D eigenvalue weighted by Crippen LogP contribution is 2.68. The van der Waals surface area contributed by atoms with Crippen molar-refractivity contribution >= 4 is 29.8 Å². The Morgan fingerprint density at radius 3 is 1.19 bits per heavy atom. The predicted octanol–water partition coefficient (Wildman–Crippen LogP) is 19.6. The maximum Gasteiger partial charge on any atom is 0.309 e. The first kappa shape index (κ1) is 91.8. The third kappa shape index (κ3) is 18.7. The van der Waals surface area contributed by atoms with Crippen LogP contribution in [0.15, 0.2) is 0 Å². The number of aliphatic hydroxyl groups excluding tert-OH is 1. The highest BCUT2D eigenvalue weighted by Gasteiger charge is 2.67. The topological polar surface area (TPSA) is 218 Å². The fraction of sp³-hybridized carbons (Fsp3) is 0.948. The fourth-order valence-corrected chi connectivity index (χ4v) is 29.2. The van der Waals surface area contributed by atoms with E-state index in [4.69, 9.17) is 47.4 Å². The molecule has 10 saturated carbocycles. The van der Waals surface area contributed by atoms with Gasteiger partial charge in [0.2, 0.25) is 0 Å². The molecule has 0 radical (unpaired) electrons. The minimum atomic E-state index is -0.959. The molecule has 114 heavy (non-hydrogen) atoms. The lowest BCUT2D eigenvalue weighted by Gasteiger charge is -2.41. The molecule has 654 valence electrons. The molecule has 17 nitrogen and oxygen atoms in total. The van der Waals surface area contributed by atoms with Crippen molar-refractivity contribution in [3.8, 4) is 0 Å². The summed E-state index contributed by atoms with van der Waals surface area (Å²) >= 11 is 0. The minimum absolute atomic E-state index is 0.00459. The van der Waals surface area contributed by atoms with E-state index in [1.807, 2.05) is 34.6 Å². The van der Waals surface area contributed by atoms with Gasteiger partial charge in [0.05, 0.1) is 111 Å². The first-order chi connectivity index (χ1) is 54.3. The standard InChI is InChI=1S/C22H38O3.C20H34O3.2C19H32O4.C17H28O3/c1-7-17-19-14-11-15(16(12-14)20(19)18(8-2)24-17)13(5)21(23)25-22(6,9-3)10-4;1-6-15-18-13-9-12(11-17(21)23-20(4,5)8-3)14(10-13)19(18)16(7-2)22-15;1-5-15-18-11-7-12(14(20)9-17(21)22-10(3)4)13(8-11)19(18)16(6-2)23-15;1-5-14-17-11-8-12(18(17)15(6-2)23-14)13(9-11)19(4,21)10-16(20)22-7-3;1-4-13-16-11-8-10(6-7-15(18)19-3)12(9-11)17(16)14(5-2)20-13/h13-20H,7-12H2,1-6H3;12-16,18-19H,6-11H2,1-5H3;10-16,18-20H,5-9H2,1-4H3;11-15,17-18,21H,5-10H2,1-4H3;10-14,16-17H,4-9H2,1-3H3. The molecule has 5 heterocycles. The van der Waals surface area contributed by atoms with E-state index in [9.17, 15) is 34.2 Å². The number of ether oxygens (including phenoxy) is 10. The summed E-state index contributed by atoms with van der Waals surface area (Å²) in [4.78, 5) is 60.3. The van der Waals surface area contributed by atoms with Crippen molar-refractivity contribution in [2.75, 3.05) is 13.7 Å². The average molecular weight is 1600 g/mol. The third-order valence-corrected chi connectivity index (χ3v) is 34.4. The van der Waals surface area contributed by atoms with Crippen molar-refractivity contribution in [3.05, 3.63) is 0 Å². The zero-order valence-electron chi connectivity index (χ0n) is 75.5. The molecule has 0 aromatic rings. The van der Waals surface area contributed by atoms with E-state index in [-0.39, 0.29) is 77.7 Å². The summed E-state index contributed by atoms with van der Waals surface area (Å²) in [5, 5.41) is 21.6. The van der Waals surface area contributed by atoms with E-state index < -0.39 is 11.7 Å². The van der Waals surface area contributed by atoms with E-state index >= 15 is 0 Å². The second-order valence-corrected chi connectivity index (χ2v) is 40.8. The number of aliphatic hydroxyl groups is 2. The molecule has 15 aliphatic rings. The first-order valence-electron chi connectivity index (χ1n) is 47.9. The lowest BCUT2D eigenvalue weighted by Crippen LogP contribution is -2.45. The summed E-state index contributed by atoms with van der Waals surface area (Å²) in [5.41, 5.74) is -1.59. The largest absolute Gasteiger partial charge is 0.469 e. The molecule has 0 aromatic heterocycles. The van der Waals surface area contributed by atoms with Crippen LogP contribution in [0.1, 0.15) is 325 Å². The van der Waals surface area contributed by atoms with Crippen LogP contribution in [0, 0.1) is 154 Å².